The molecule has 1 aromatic carbocycles. The average Bonchev–Trinajstić information content (AvgIpc) is 2.70. The van der Waals surface area contributed by atoms with Crippen LogP contribution < -0.4 is 10.5 Å². The first-order valence-corrected chi connectivity index (χ1v) is 10.9. The molecule has 0 aliphatic carbocycles. The van der Waals surface area contributed by atoms with Crippen molar-refractivity contribution in [1.29, 1.82) is 0 Å². The topological polar surface area (TPSA) is 88.1 Å². The third-order valence-corrected chi connectivity index (χ3v) is 6.19. The second-order valence-electron chi connectivity index (χ2n) is 7.55. The van der Waals surface area contributed by atoms with Crippen LogP contribution in [0.2, 0.25) is 0 Å². The molecule has 1 aromatic rings. The van der Waals surface area contributed by atoms with Gasteiger partial charge in [-0.25, -0.2) is 0 Å². The Hall–Kier alpha value is -0.800. The number of nitrogens with zero attached hydrogens (tertiary/aromatic N) is 2. The van der Waals surface area contributed by atoms with Crippen molar-refractivity contribution < 1.29 is 14.7 Å². The zero-order valence-corrected chi connectivity index (χ0v) is 18.2. The van der Waals surface area contributed by atoms with Crippen LogP contribution in [0, 0.1) is 11.1 Å². The van der Waals surface area contributed by atoms with Gasteiger partial charge >= 0.3 is 0 Å². The molecular weight excluding hydrogens is 441 g/mol. The lowest BCUT2D eigenvalue weighted by Gasteiger charge is -2.44. The predicted octanol–water partition coefficient (Wildman–Crippen LogP) is 4.09. The number of hydrogen-bond donors (Lipinski definition) is 2. The molecule has 0 unspecified atom stereocenters. The van der Waals surface area contributed by atoms with Crippen LogP contribution in [0.4, 0.5) is 5.69 Å². The molecule has 2 saturated heterocycles. The zero-order valence-electron chi connectivity index (χ0n) is 15.9. The number of ether oxygens (including phenoxy) is 1. The maximum absolute atomic E-state index is 12.6. The molecule has 0 spiro atoms. The molecule has 10 heteroatoms. The molecule has 7 nitrogen and oxygen atoms in total. The van der Waals surface area contributed by atoms with Gasteiger partial charge in [0.15, 0.2) is 6.23 Å². The highest BCUT2D eigenvalue weighted by molar-refractivity contribution is 6.68. The van der Waals surface area contributed by atoms with E-state index in [2.05, 4.69) is 10.2 Å². The molecule has 162 valence electrons. The fourth-order valence-electron chi connectivity index (χ4n) is 4.18. The normalized spacial score (nSPS) is 23.9. The minimum Gasteiger partial charge on any atom is -0.733 e. The summed E-state index contributed by atoms with van der Waals surface area (Å²) in [4.78, 5) is 15.1. The summed E-state index contributed by atoms with van der Waals surface area (Å²) < 4.78 is 4.02. The number of rotatable bonds is 6. The average molecular weight is 466 g/mol. The van der Waals surface area contributed by atoms with E-state index in [0.29, 0.717) is 18.6 Å². The summed E-state index contributed by atoms with van der Waals surface area (Å²) in [5.74, 6) is -0.254. The monoisotopic (exact) mass is 464 g/mol. The second kappa shape index (κ2) is 10.0. The summed E-state index contributed by atoms with van der Waals surface area (Å²) in [5, 5.41) is 22.3. The third kappa shape index (κ3) is 6.10. The van der Waals surface area contributed by atoms with E-state index < -0.39 is 15.9 Å². The van der Waals surface area contributed by atoms with Gasteiger partial charge in [-0.1, -0.05) is 47.3 Å². The lowest BCUT2D eigenvalue weighted by Crippen LogP contribution is -2.51. The summed E-state index contributed by atoms with van der Waals surface area (Å²) in [7, 11) is 0. The maximum atomic E-state index is 12.6. The van der Waals surface area contributed by atoms with Gasteiger partial charge < -0.3 is 25.4 Å². The number of benzene rings is 1. The molecule has 2 fully saturated rings. The number of piperidine rings is 2. The Morgan fingerprint density at radius 2 is 2.07 bits per heavy atom. The molecule has 1 amide bonds. The Morgan fingerprint density at radius 3 is 2.79 bits per heavy atom. The van der Waals surface area contributed by atoms with Crippen molar-refractivity contribution in [2.45, 2.75) is 48.2 Å². The zero-order chi connectivity index (χ0) is 21.0. The third-order valence-electron chi connectivity index (χ3n) is 5.59. The van der Waals surface area contributed by atoms with E-state index in [-0.39, 0.29) is 16.5 Å². The van der Waals surface area contributed by atoms with Crippen LogP contribution in [0.15, 0.2) is 24.3 Å². The predicted molar refractivity (Wildman–Crippen MR) is 114 cm³/mol. The van der Waals surface area contributed by atoms with E-state index in [1.807, 2.05) is 0 Å². The Labute approximate surface area is 185 Å². The summed E-state index contributed by atoms with van der Waals surface area (Å²) >= 11 is 18.2. The standard InChI is InChI=1S/C19H25Cl3N3O4/c20-19(21,22)18(23-17(26)13-5-3-7-15(11-13)25(27)28)29-12-14-6-4-10-24-9-2-1-8-16(14)24/h3,5,7,11,14,16,18,27H,1-2,4,6,8-10,12H2,(H,23,26)/q-1/t14-,16-,18+/m1/s1. The van der Waals surface area contributed by atoms with Crippen molar-refractivity contribution in [3.05, 3.63) is 35.0 Å². The molecule has 0 radical (unpaired) electrons. The molecule has 3 rings (SSSR count). The van der Waals surface area contributed by atoms with Gasteiger partial charge in [0.2, 0.25) is 3.79 Å². The first-order chi connectivity index (χ1) is 13.8. The fourth-order valence-corrected chi connectivity index (χ4v) is 4.53. The molecule has 3 atom stereocenters. The van der Waals surface area contributed by atoms with Crippen LogP contribution >= 0.6 is 34.8 Å². The Balaban J connectivity index is 1.64. The molecule has 0 aromatic heterocycles. The van der Waals surface area contributed by atoms with E-state index >= 15 is 0 Å². The lowest BCUT2D eigenvalue weighted by molar-refractivity contribution is -0.0325. The van der Waals surface area contributed by atoms with Crippen LogP contribution in [-0.2, 0) is 4.74 Å². The van der Waals surface area contributed by atoms with E-state index in [0.717, 1.165) is 32.4 Å². The number of carbonyl (C=O) groups excluding carboxylic acids is 1. The molecule has 29 heavy (non-hydrogen) atoms. The number of fused-ring (bicyclic) bond motifs is 1. The number of anilines is 1. The first-order valence-electron chi connectivity index (χ1n) is 9.75. The second-order valence-corrected chi connectivity index (χ2v) is 9.92. The van der Waals surface area contributed by atoms with Crippen molar-refractivity contribution in [2.24, 2.45) is 5.92 Å². The van der Waals surface area contributed by atoms with Gasteiger partial charge in [-0.05, 0) is 62.9 Å². The van der Waals surface area contributed by atoms with Crippen molar-refractivity contribution in [3.8, 4) is 0 Å². The number of amides is 1. The van der Waals surface area contributed by atoms with Gasteiger partial charge in [-0.15, -0.1) is 0 Å². The van der Waals surface area contributed by atoms with Gasteiger partial charge in [0.25, 0.3) is 5.91 Å². The van der Waals surface area contributed by atoms with E-state index in [1.54, 1.807) is 0 Å². The minimum absolute atomic E-state index is 0.0800. The lowest BCUT2D eigenvalue weighted by atomic mass is 9.84. The van der Waals surface area contributed by atoms with Crippen molar-refractivity contribution in [3.63, 3.8) is 0 Å². The molecular formula is C19H25Cl3N3O4-. The first kappa shape index (κ1) is 22.9. The highest BCUT2D eigenvalue weighted by Gasteiger charge is 2.38. The highest BCUT2D eigenvalue weighted by atomic mass is 35.6. The smallest absolute Gasteiger partial charge is 0.253 e. The number of nitrogens with one attached hydrogen (secondary N) is 1. The van der Waals surface area contributed by atoms with Gasteiger partial charge in [0.05, 0.1) is 12.3 Å². The van der Waals surface area contributed by atoms with Gasteiger partial charge in [-0.2, -0.15) is 0 Å². The Bertz CT molecular complexity index is 700. The van der Waals surface area contributed by atoms with Gasteiger partial charge in [-0.3, -0.25) is 10.0 Å². The highest BCUT2D eigenvalue weighted by Crippen LogP contribution is 2.34. The molecule has 2 N–H and O–H groups in total. The maximum Gasteiger partial charge on any atom is 0.253 e. The van der Waals surface area contributed by atoms with E-state index in [9.17, 15) is 10.0 Å². The molecule has 0 bridgehead atoms. The van der Waals surface area contributed by atoms with Crippen LogP contribution in [0.1, 0.15) is 42.5 Å². The Kier molecular flexibility index (Phi) is 7.89. The molecule has 2 aliphatic rings. The van der Waals surface area contributed by atoms with E-state index in [4.69, 9.17) is 44.7 Å². The largest absolute Gasteiger partial charge is 0.733 e. The number of hydrogen-bond acceptors (Lipinski definition) is 6. The Morgan fingerprint density at radius 1 is 1.31 bits per heavy atom. The van der Waals surface area contributed by atoms with Crippen LogP contribution in [0.25, 0.3) is 0 Å². The molecule has 0 saturated carbocycles. The number of halogens is 3. The SMILES string of the molecule is O=C(N[C@@H](OC[C@H]1CCCN2CCCC[C@H]12)C(Cl)(Cl)Cl)c1cccc(N([O-])O)c1. The van der Waals surface area contributed by atoms with Crippen molar-refractivity contribution in [1.82, 2.24) is 10.2 Å². The number of carbonyl (C=O) groups is 1. The quantitative estimate of drug-likeness (QED) is 0.374. The summed E-state index contributed by atoms with van der Waals surface area (Å²) in [6, 6.07) is 6.02. The molecule has 2 heterocycles. The van der Waals surface area contributed by atoms with Crippen LogP contribution in [-0.4, -0.2) is 51.8 Å². The molecule has 2 aliphatic heterocycles. The summed E-state index contributed by atoms with van der Waals surface area (Å²) in [6.45, 7) is 2.61. The van der Waals surface area contributed by atoms with Crippen molar-refractivity contribution in [2.75, 3.05) is 24.9 Å². The fraction of sp³-hybridized carbons (Fsp3) is 0.632. The van der Waals surface area contributed by atoms with Gasteiger partial charge in [0, 0.05) is 11.6 Å². The summed E-state index contributed by atoms with van der Waals surface area (Å²) in [5.41, 5.74) is 0.0555. The number of alkyl halides is 3. The van der Waals surface area contributed by atoms with Crippen molar-refractivity contribution >= 4 is 46.4 Å². The van der Waals surface area contributed by atoms with Crippen LogP contribution in [0.3, 0.4) is 0 Å². The van der Waals surface area contributed by atoms with Gasteiger partial charge in [0.1, 0.15) is 0 Å². The summed E-state index contributed by atoms with van der Waals surface area (Å²) in [6.07, 6.45) is 4.57. The minimum atomic E-state index is -1.87. The van der Waals surface area contributed by atoms with E-state index in [1.165, 1.54) is 37.1 Å². The van der Waals surface area contributed by atoms with Crippen LogP contribution in [0.5, 0.6) is 0 Å².